The minimum atomic E-state index is 0.0579. The summed E-state index contributed by atoms with van der Waals surface area (Å²) in [5, 5.41) is 0. The molecule has 0 radical (unpaired) electrons. The lowest BCUT2D eigenvalue weighted by atomic mass is 10.1. The van der Waals surface area contributed by atoms with Crippen LogP contribution < -0.4 is 14.2 Å². The van der Waals surface area contributed by atoms with Crippen LogP contribution in [0, 0.1) is 0 Å². The normalized spacial score (nSPS) is 18.2. The predicted octanol–water partition coefficient (Wildman–Crippen LogP) is 1.54. The molecular formula is C19H28N2O5. The van der Waals surface area contributed by atoms with Crippen LogP contribution in [-0.2, 0) is 16.1 Å². The van der Waals surface area contributed by atoms with Crippen LogP contribution in [0.3, 0.4) is 0 Å². The second-order valence-electron chi connectivity index (χ2n) is 6.60. The zero-order valence-electron chi connectivity index (χ0n) is 15.7. The Morgan fingerprint density at radius 3 is 2.54 bits per heavy atom. The Labute approximate surface area is 154 Å². The van der Waals surface area contributed by atoms with Crippen LogP contribution in [0.15, 0.2) is 12.1 Å². The SMILES string of the molecule is COCC(=O)N1CCCN(Cc2cc3c(cc2OC)OCCCO3)CC1. The molecule has 0 saturated carbocycles. The lowest BCUT2D eigenvalue weighted by Gasteiger charge is -2.23. The fourth-order valence-corrected chi connectivity index (χ4v) is 3.38. The van der Waals surface area contributed by atoms with Crippen molar-refractivity contribution in [2.75, 3.05) is 60.2 Å². The lowest BCUT2D eigenvalue weighted by molar-refractivity contribution is -0.135. The molecule has 0 atom stereocenters. The molecule has 0 unspecified atom stereocenters. The summed E-state index contributed by atoms with van der Waals surface area (Å²) in [7, 11) is 3.23. The van der Waals surface area contributed by atoms with Gasteiger partial charge in [-0.25, -0.2) is 0 Å². The molecule has 7 heteroatoms. The molecule has 2 aliphatic heterocycles. The van der Waals surface area contributed by atoms with E-state index in [2.05, 4.69) is 4.90 Å². The van der Waals surface area contributed by atoms with Gasteiger partial charge >= 0.3 is 0 Å². The summed E-state index contributed by atoms with van der Waals surface area (Å²) in [6, 6.07) is 3.94. The number of methoxy groups -OCH3 is 2. The zero-order valence-corrected chi connectivity index (χ0v) is 15.7. The Hall–Kier alpha value is -1.99. The Morgan fingerprint density at radius 1 is 1.04 bits per heavy atom. The molecule has 1 fully saturated rings. The predicted molar refractivity (Wildman–Crippen MR) is 97.0 cm³/mol. The second kappa shape index (κ2) is 9.09. The van der Waals surface area contributed by atoms with Crippen molar-refractivity contribution in [1.82, 2.24) is 9.80 Å². The van der Waals surface area contributed by atoms with Gasteiger partial charge in [0.15, 0.2) is 11.5 Å². The Kier molecular flexibility index (Phi) is 6.57. The van der Waals surface area contributed by atoms with Crippen molar-refractivity contribution in [3.8, 4) is 17.2 Å². The summed E-state index contributed by atoms with van der Waals surface area (Å²) in [6.07, 6.45) is 1.83. The first kappa shape index (κ1) is 18.8. The summed E-state index contributed by atoms with van der Waals surface area (Å²) < 4.78 is 22.1. The fourth-order valence-electron chi connectivity index (χ4n) is 3.38. The van der Waals surface area contributed by atoms with Gasteiger partial charge in [0.1, 0.15) is 12.4 Å². The van der Waals surface area contributed by atoms with Gasteiger partial charge < -0.3 is 23.8 Å². The molecule has 26 heavy (non-hydrogen) atoms. The smallest absolute Gasteiger partial charge is 0.248 e. The minimum absolute atomic E-state index is 0.0579. The van der Waals surface area contributed by atoms with Crippen molar-refractivity contribution in [2.24, 2.45) is 0 Å². The first-order valence-electron chi connectivity index (χ1n) is 9.17. The molecule has 0 spiro atoms. The second-order valence-corrected chi connectivity index (χ2v) is 6.60. The number of carbonyl (C=O) groups is 1. The quantitative estimate of drug-likeness (QED) is 0.790. The number of hydrogen-bond donors (Lipinski definition) is 0. The molecule has 1 amide bonds. The number of carbonyl (C=O) groups excluding carboxylic acids is 1. The minimum Gasteiger partial charge on any atom is -0.496 e. The third-order valence-electron chi connectivity index (χ3n) is 4.75. The van der Waals surface area contributed by atoms with Gasteiger partial charge in [-0.15, -0.1) is 0 Å². The van der Waals surface area contributed by atoms with Crippen molar-refractivity contribution in [3.05, 3.63) is 17.7 Å². The highest BCUT2D eigenvalue weighted by Gasteiger charge is 2.21. The van der Waals surface area contributed by atoms with Gasteiger partial charge in [0, 0.05) is 57.9 Å². The number of ether oxygens (including phenoxy) is 4. The molecule has 1 aromatic carbocycles. The van der Waals surface area contributed by atoms with Gasteiger partial charge in [0.2, 0.25) is 5.91 Å². The molecule has 1 saturated heterocycles. The van der Waals surface area contributed by atoms with Crippen molar-refractivity contribution in [1.29, 1.82) is 0 Å². The summed E-state index contributed by atoms with van der Waals surface area (Å²) in [5.41, 5.74) is 1.08. The maximum Gasteiger partial charge on any atom is 0.248 e. The molecule has 0 aromatic heterocycles. The van der Waals surface area contributed by atoms with Crippen LogP contribution in [0.5, 0.6) is 17.2 Å². The van der Waals surface area contributed by atoms with E-state index in [1.54, 1.807) is 14.2 Å². The maximum absolute atomic E-state index is 12.0. The van der Waals surface area contributed by atoms with Crippen LogP contribution in [0.4, 0.5) is 0 Å². The van der Waals surface area contributed by atoms with Crippen molar-refractivity contribution < 1.29 is 23.7 Å². The summed E-state index contributed by atoms with van der Waals surface area (Å²) in [5.74, 6) is 2.40. The molecule has 144 valence electrons. The lowest BCUT2D eigenvalue weighted by Crippen LogP contribution is -2.37. The van der Waals surface area contributed by atoms with E-state index in [1.165, 1.54) is 0 Å². The van der Waals surface area contributed by atoms with E-state index >= 15 is 0 Å². The van der Waals surface area contributed by atoms with Gasteiger partial charge in [-0.2, -0.15) is 0 Å². The first-order valence-corrected chi connectivity index (χ1v) is 9.17. The number of hydrogen-bond acceptors (Lipinski definition) is 6. The molecule has 2 aliphatic rings. The average molecular weight is 364 g/mol. The number of rotatable bonds is 5. The average Bonchev–Trinajstić information content (AvgIpc) is 3.01. The number of amides is 1. The van der Waals surface area contributed by atoms with Crippen molar-refractivity contribution in [2.45, 2.75) is 19.4 Å². The van der Waals surface area contributed by atoms with Gasteiger partial charge in [0.05, 0.1) is 20.3 Å². The highest BCUT2D eigenvalue weighted by molar-refractivity contribution is 5.77. The largest absolute Gasteiger partial charge is 0.496 e. The van der Waals surface area contributed by atoms with E-state index in [0.717, 1.165) is 68.4 Å². The Morgan fingerprint density at radius 2 is 1.81 bits per heavy atom. The van der Waals surface area contributed by atoms with Crippen molar-refractivity contribution >= 4 is 5.91 Å². The maximum atomic E-state index is 12.0. The first-order chi connectivity index (χ1) is 12.7. The number of nitrogens with zero attached hydrogens (tertiary/aromatic N) is 2. The van der Waals surface area contributed by atoms with Crippen LogP contribution in [0.1, 0.15) is 18.4 Å². The van der Waals surface area contributed by atoms with Crippen LogP contribution >= 0.6 is 0 Å². The van der Waals surface area contributed by atoms with E-state index in [1.807, 2.05) is 17.0 Å². The molecule has 1 aromatic rings. The number of fused-ring (bicyclic) bond motifs is 1. The highest BCUT2D eigenvalue weighted by Crippen LogP contribution is 2.37. The molecule has 7 nitrogen and oxygen atoms in total. The van der Waals surface area contributed by atoms with E-state index in [0.29, 0.717) is 13.2 Å². The summed E-state index contributed by atoms with van der Waals surface area (Å²) in [4.78, 5) is 16.3. The standard InChI is InChI=1S/C19H28N2O5/c1-23-14-19(22)21-6-3-5-20(7-8-21)13-15-11-17-18(12-16(15)24-2)26-10-4-9-25-17/h11-12H,3-10,13-14H2,1-2H3. The van der Waals surface area contributed by atoms with E-state index in [-0.39, 0.29) is 12.5 Å². The molecule has 3 rings (SSSR count). The highest BCUT2D eigenvalue weighted by atomic mass is 16.5. The van der Waals surface area contributed by atoms with E-state index in [9.17, 15) is 4.79 Å². The Balaban J connectivity index is 1.68. The zero-order chi connectivity index (χ0) is 18.4. The monoisotopic (exact) mass is 364 g/mol. The number of benzene rings is 1. The molecule has 0 bridgehead atoms. The van der Waals surface area contributed by atoms with Gasteiger partial charge in [-0.1, -0.05) is 0 Å². The van der Waals surface area contributed by atoms with Gasteiger partial charge in [0.25, 0.3) is 0 Å². The molecule has 0 N–H and O–H groups in total. The summed E-state index contributed by atoms with van der Waals surface area (Å²) in [6.45, 7) is 5.49. The van der Waals surface area contributed by atoms with Crippen molar-refractivity contribution in [3.63, 3.8) is 0 Å². The molecule has 0 aliphatic carbocycles. The molecule has 2 heterocycles. The Bertz CT molecular complexity index is 622. The van der Waals surface area contributed by atoms with Gasteiger partial charge in [-0.05, 0) is 12.5 Å². The van der Waals surface area contributed by atoms with Crippen LogP contribution in [0.25, 0.3) is 0 Å². The third kappa shape index (κ3) is 4.59. The van der Waals surface area contributed by atoms with E-state index < -0.39 is 0 Å². The van der Waals surface area contributed by atoms with Gasteiger partial charge in [-0.3, -0.25) is 9.69 Å². The van der Waals surface area contributed by atoms with E-state index in [4.69, 9.17) is 18.9 Å². The van der Waals surface area contributed by atoms with Crippen LogP contribution in [-0.4, -0.2) is 75.9 Å². The topological polar surface area (TPSA) is 60.5 Å². The fraction of sp³-hybridized carbons (Fsp3) is 0.632. The third-order valence-corrected chi connectivity index (χ3v) is 4.75. The summed E-state index contributed by atoms with van der Waals surface area (Å²) >= 11 is 0. The molecular weight excluding hydrogens is 336 g/mol. The van der Waals surface area contributed by atoms with Crippen LogP contribution in [0.2, 0.25) is 0 Å².